The molecule has 10 unspecified atom stereocenters. The average Bonchev–Trinajstić information content (AvgIpc) is 3.68. The first-order valence-corrected chi connectivity index (χ1v) is 26.5. The molecule has 2 fully saturated rings. The first-order chi connectivity index (χ1) is 27.2. The predicted octanol–water partition coefficient (Wildman–Crippen LogP) is 15.4. The van der Waals surface area contributed by atoms with Crippen LogP contribution >= 0.6 is 0 Å². The molecule has 58 heavy (non-hydrogen) atoms. The third-order valence-electron chi connectivity index (χ3n) is 18.9. The molecule has 0 nitrogen and oxygen atoms in total. The third-order valence-corrected chi connectivity index (χ3v) is 28.3. The van der Waals surface area contributed by atoms with Gasteiger partial charge in [-0.1, -0.05) is 0 Å². The van der Waals surface area contributed by atoms with Crippen molar-refractivity contribution < 1.29 is 21.3 Å². The monoisotopic (exact) mass is 846 g/mol. The molecule has 0 radical (unpaired) electrons. The maximum atomic E-state index is 2.86. The van der Waals surface area contributed by atoms with E-state index in [1.807, 2.05) is 3.28 Å². The first kappa shape index (κ1) is 41.8. The van der Waals surface area contributed by atoms with Crippen molar-refractivity contribution in [3.8, 4) is 0 Å². The van der Waals surface area contributed by atoms with Crippen LogP contribution in [0.1, 0.15) is 125 Å². The van der Waals surface area contributed by atoms with E-state index in [1.165, 1.54) is 41.5 Å². The normalized spacial score (nSPS) is 39.3. The van der Waals surface area contributed by atoms with E-state index in [9.17, 15) is 0 Å². The van der Waals surface area contributed by atoms with Crippen molar-refractivity contribution in [1.29, 1.82) is 0 Å². The van der Waals surface area contributed by atoms with Crippen LogP contribution in [-0.2, 0) is 21.3 Å². The number of allylic oxidation sites excluding steroid dienone is 16. The third kappa shape index (κ3) is 5.10. The van der Waals surface area contributed by atoms with Crippen LogP contribution in [0.4, 0.5) is 0 Å². The van der Waals surface area contributed by atoms with Crippen LogP contribution in [0.2, 0.25) is 3.63 Å². The van der Waals surface area contributed by atoms with E-state index in [2.05, 4.69) is 224 Å². The molecule has 0 aromatic heterocycles. The van der Waals surface area contributed by atoms with Gasteiger partial charge in [0, 0.05) is 0 Å². The molecule has 2 aromatic rings. The van der Waals surface area contributed by atoms with Gasteiger partial charge in [0.05, 0.1) is 0 Å². The minimum atomic E-state index is -3.20. The van der Waals surface area contributed by atoms with Crippen LogP contribution in [-0.4, -0.2) is 3.21 Å². The molecule has 6 aliphatic rings. The van der Waals surface area contributed by atoms with Crippen LogP contribution in [0, 0.1) is 69.0 Å². The Bertz CT molecular complexity index is 2240. The first-order valence-electron chi connectivity index (χ1n) is 22.6. The number of unbranched alkanes of at least 4 members (excludes halogenated alkanes) is 1. The van der Waals surface area contributed by atoms with Crippen LogP contribution < -0.4 is 0 Å². The summed E-state index contributed by atoms with van der Waals surface area (Å²) in [7, 11) is 0. The zero-order valence-electron chi connectivity index (χ0n) is 38.5. The van der Waals surface area contributed by atoms with Gasteiger partial charge in [-0.25, -0.2) is 0 Å². The Hall–Kier alpha value is -2.89. The molecule has 0 heterocycles. The number of aryl methyl sites for hydroxylation is 2. The second-order valence-corrected chi connectivity index (χ2v) is 28.0. The van der Waals surface area contributed by atoms with E-state index in [0.717, 1.165) is 0 Å². The molecule has 2 saturated carbocycles. The van der Waals surface area contributed by atoms with Gasteiger partial charge in [-0.05, 0) is 0 Å². The van der Waals surface area contributed by atoms with Crippen molar-refractivity contribution in [2.75, 3.05) is 0 Å². The van der Waals surface area contributed by atoms with Gasteiger partial charge in [0.15, 0.2) is 0 Å². The van der Waals surface area contributed by atoms with Crippen LogP contribution in [0.15, 0.2) is 142 Å². The van der Waals surface area contributed by atoms with Crippen molar-refractivity contribution in [2.45, 2.75) is 120 Å². The molecule has 0 amide bonds. The van der Waals surface area contributed by atoms with Gasteiger partial charge in [-0.3, -0.25) is 0 Å². The molecule has 0 aliphatic heterocycles. The molecule has 6 aliphatic carbocycles. The van der Waals surface area contributed by atoms with Gasteiger partial charge in [-0.15, -0.1) is 0 Å². The fourth-order valence-corrected chi connectivity index (χ4v) is 26.5. The Balaban J connectivity index is 1.60. The summed E-state index contributed by atoms with van der Waals surface area (Å²) in [6.45, 7) is 35.9. The van der Waals surface area contributed by atoms with E-state index in [1.54, 1.807) is 14.4 Å². The van der Waals surface area contributed by atoms with E-state index in [4.69, 9.17) is 0 Å². The summed E-state index contributed by atoms with van der Waals surface area (Å²) in [6.07, 6.45) is 37.4. The summed E-state index contributed by atoms with van der Waals surface area (Å²) < 4.78 is 4.01. The number of hydrogen-bond donors (Lipinski definition) is 0. The Kier molecular flexibility index (Phi) is 9.96. The van der Waals surface area contributed by atoms with Crippen molar-refractivity contribution in [3.63, 3.8) is 0 Å². The molecule has 0 saturated heterocycles. The Labute approximate surface area is 361 Å². The predicted molar refractivity (Wildman–Crippen MR) is 248 cm³/mol. The van der Waals surface area contributed by atoms with E-state index in [-0.39, 0.29) is 43.3 Å². The quantitative estimate of drug-likeness (QED) is 0.260. The zero-order valence-corrected chi connectivity index (χ0v) is 40.9. The van der Waals surface area contributed by atoms with E-state index >= 15 is 0 Å². The molecular formula is C57H72Zr. The van der Waals surface area contributed by atoms with Crippen molar-refractivity contribution >= 4 is 3.21 Å². The van der Waals surface area contributed by atoms with Crippen LogP contribution in [0.5, 0.6) is 0 Å². The average molecular weight is 848 g/mol. The molecule has 0 spiro atoms. The van der Waals surface area contributed by atoms with Crippen molar-refractivity contribution in [3.05, 3.63) is 164 Å². The molecule has 8 rings (SSSR count). The maximum absolute atomic E-state index is 3.20. The molecule has 0 bridgehead atoms. The second kappa shape index (κ2) is 13.8. The van der Waals surface area contributed by atoms with Crippen LogP contribution in [0.25, 0.3) is 0 Å². The van der Waals surface area contributed by atoms with Crippen molar-refractivity contribution in [2.24, 2.45) is 55.2 Å². The van der Waals surface area contributed by atoms with Gasteiger partial charge in [0.1, 0.15) is 0 Å². The molecule has 10 atom stereocenters. The van der Waals surface area contributed by atoms with E-state index < -0.39 is 21.3 Å². The van der Waals surface area contributed by atoms with Gasteiger partial charge in [0.25, 0.3) is 0 Å². The Morgan fingerprint density at radius 1 is 0.655 bits per heavy atom. The van der Waals surface area contributed by atoms with Gasteiger partial charge >= 0.3 is 364 Å². The van der Waals surface area contributed by atoms with E-state index in [0.29, 0.717) is 15.5 Å². The standard InChI is InChI=1S/C29H37.C15H14.C13H21.Zr/c1-21-14-13-15-22-20-27(6)25(4)18-10-9-16-23(25,2)24(3)17-11-12-19-26(24,5)29(27,8)28(21,22)7;1-12-3-7-14(8-4-12)11-15-9-5-13(2)6-10-15;1-5-6-7-11-8-9-12(10-11)13(2,3)4;/h9-20,22H,1-8H3;3-10H,1-2H3;9-11H,5-7H2,1-4H3;. The minimum absolute atomic E-state index is 0.0815. The number of rotatable bonds is 7. The molecule has 304 valence electrons. The summed E-state index contributed by atoms with van der Waals surface area (Å²) in [5.74, 6) is 0.862. The number of fused-ring (bicyclic) bond motifs is 8. The molecule has 0 N–H and O–H groups in total. The fourth-order valence-electron chi connectivity index (χ4n) is 14.7. The summed E-state index contributed by atoms with van der Waals surface area (Å²) in [6, 6.07) is 19.5. The summed E-state index contributed by atoms with van der Waals surface area (Å²) in [5.41, 5.74) is 7.91. The second-order valence-electron chi connectivity index (χ2n) is 21.8. The number of hydrogen-bond acceptors (Lipinski definition) is 0. The topological polar surface area (TPSA) is 0 Å². The molecule has 2 aromatic carbocycles. The summed E-state index contributed by atoms with van der Waals surface area (Å²) in [4.78, 5) is 0. The SMILES string of the molecule is CCCCC1C=C(C(C)(C)C)C=[C]1[Zr](=[C](c1ccc(C)cc1)c1ccc(C)cc1)[CH]1C2C=CC=C(C)C2(C)C2(C)C3(C)C=CC=CC3(C)C3(C)C=CC=CC3(C)C12C. The van der Waals surface area contributed by atoms with Crippen molar-refractivity contribution in [1.82, 2.24) is 0 Å². The Morgan fingerprint density at radius 3 is 1.67 bits per heavy atom. The van der Waals surface area contributed by atoms with Gasteiger partial charge in [0.2, 0.25) is 0 Å². The zero-order chi connectivity index (χ0) is 41.9. The number of benzene rings is 2. The molecule has 1 heteroatoms. The Morgan fingerprint density at radius 2 is 1.16 bits per heavy atom. The summed E-state index contributed by atoms with van der Waals surface area (Å²) in [5, 5.41) is 0. The van der Waals surface area contributed by atoms with Gasteiger partial charge < -0.3 is 0 Å². The summed E-state index contributed by atoms with van der Waals surface area (Å²) >= 11 is -3.20. The fraction of sp³-hybridized carbons (Fsp3) is 0.491. The molecular weight excluding hydrogens is 776 g/mol. The van der Waals surface area contributed by atoms with Crippen LogP contribution in [0.3, 0.4) is 0 Å². The van der Waals surface area contributed by atoms with Gasteiger partial charge in [-0.2, -0.15) is 0 Å².